The Balaban J connectivity index is 1.94. The van der Waals surface area contributed by atoms with Crippen molar-refractivity contribution in [3.63, 3.8) is 0 Å². The molecule has 21 heavy (non-hydrogen) atoms. The molecule has 2 aromatic rings. The lowest BCUT2D eigenvalue weighted by Gasteiger charge is -2.23. The van der Waals surface area contributed by atoms with E-state index in [0.29, 0.717) is 5.92 Å². The number of ether oxygens (including phenoxy) is 1. The molecule has 0 aromatic heterocycles. The first kappa shape index (κ1) is 15.6. The minimum Gasteiger partial charge on any atom is -0.497 e. The minimum absolute atomic E-state index is 0.194. The van der Waals surface area contributed by atoms with Gasteiger partial charge in [0, 0.05) is 6.04 Å². The number of benzene rings is 2. The van der Waals surface area contributed by atoms with Gasteiger partial charge >= 0.3 is 0 Å². The lowest BCUT2D eigenvalue weighted by Crippen LogP contribution is -2.28. The molecule has 0 aliphatic heterocycles. The molecule has 0 fully saturated rings. The van der Waals surface area contributed by atoms with Crippen LogP contribution in [-0.2, 0) is 6.42 Å². The van der Waals surface area contributed by atoms with Crippen molar-refractivity contribution in [1.29, 1.82) is 0 Å². The largest absolute Gasteiger partial charge is 0.497 e. The molecule has 0 bridgehead atoms. The molecule has 0 spiro atoms. The zero-order valence-electron chi connectivity index (χ0n) is 13.0. The summed E-state index contributed by atoms with van der Waals surface area (Å²) in [6, 6.07) is 19.1. The third-order valence-corrected chi connectivity index (χ3v) is 4.11. The van der Waals surface area contributed by atoms with Gasteiger partial charge in [-0.05, 0) is 48.4 Å². The van der Waals surface area contributed by atoms with E-state index in [2.05, 4.69) is 49.4 Å². The Bertz CT molecular complexity index is 521. The molecule has 0 amide bonds. The molecular weight excluding hydrogens is 258 g/mol. The van der Waals surface area contributed by atoms with Crippen LogP contribution in [0.15, 0.2) is 54.6 Å². The van der Waals surface area contributed by atoms with E-state index in [-0.39, 0.29) is 6.04 Å². The van der Waals surface area contributed by atoms with Gasteiger partial charge < -0.3 is 10.5 Å². The number of nitrogens with two attached hydrogens (primary N) is 1. The van der Waals surface area contributed by atoms with E-state index in [0.717, 1.165) is 25.0 Å². The van der Waals surface area contributed by atoms with Crippen molar-refractivity contribution < 1.29 is 4.74 Å². The SMILES string of the molecule is CCC(c1ccccc1)C(N)CCc1ccc(OC)cc1. The molecule has 2 unspecified atom stereocenters. The van der Waals surface area contributed by atoms with Crippen molar-refractivity contribution in [2.24, 2.45) is 5.73 Å². The monoisotopic (exact) mass is 283 g/mol. The summed E-state index contributed by atoms with van der Waals surface area (Å²) in [5.41, 5.74) is 9.10. The molecule has 2 rings (SSSR count). The average molecular weight is 283 g/mol. The van der Waals surface area contributed by atoms with E-state index >= 15 is 0 Å². The topological polar surface area (TPSA) is 35.2 Å². The molecule has 0 radical (unpaired) electrons. The second kappa shape index (κ2) is 7.84. The Labute approximate surface area is 127 Å². The van der Waals surface area contributed by atoms with Gasteiger partial charge in [-0.3, -0.25) is 0 Å². The van der Waals surface area contributed by atoms with Crippen LogP contribution in [0.2, 0.25) is 0 Å². The fourth-order valence-corrected chi connectivity index (χ4v) is 2.81. The van der Waals surface area contributed by atoms with Gasteiger partial charge in [-0.15, -0.1) is 0 Å². The fourth-order valence-electron chi connectivity index (χ4n) is 2.81. The molecule has 0 aliphatic carbocycles. The predicted molar refractivity (Wildman–Crippen MR) is 88.8 cm³/mol. The third kappa shape index (κ3) is 4.33. The van der Waals surface area contributed by atoms with E-state index in [1.54, 1.807) is 7.11 Å². The molecular formula is C19H25NO. The summed E-state index contributed by atoms with van der Waals surface area (Å²) in [5, 5.41) is 0. The van der Waals surface area contributed by atoms with Gasteiger partial charge in [0.05, 0.1) is 7.11 Å². The van der Waals surface area contributed by atoms with Crippen LogP contribution in [0.3, 0.4) is 0 Å². The summed E-state index contributed by atoms with van der Waals surface area (Å²) >= 11 is 0. The molecule has 2 aromatic carbocycles. The zero-order valence-corrected chi connectivity index (χ0v) is 13.0. The Kier molecular flexibility index (Phi) is 5.82. The van der Waals surface area contributed by atoms with Crippen LogP contribution >= 0.6 is 0 Å². The van der Waals surface area contributed by atoms with Gasteiger partial charge in [0.2, 0.25) is 0 Å². The van der Waals surface area contributed by atoms with Gasteiger partial charge in [0.1, 0.15) is 5.75 Å². The van der Waals surface area contributed by atoms with Crippen molar-refractivity contribution in [3.05, 3.63) is 65.7 Å². The lowest BCUT2D eigenvalue weighted by molar-refractivity contribution is 0.414. The van der Waals surface area contributed by atoms with Gasteiger partial charge in [-0.25, -0.2) is 0 Å². The lowest BCUT2D eigenvalue weighted by atomic mass is 9.86. The second-order valence-electron chi connectivity index (χ2n) is 5.48. The van der Waals surface area contributed by atoms with Crippen LogP contribution in [-0.4, -0.2) is 13.2 Å². The van der Waals surface area contributed by atoms with E-state index in [1.807, 2.05) is 12.1 Å². The van der Waals surface area contributed by atoms with Crippen molar-refractivity contribution >= 4 is 0 Å². The third-order valence-electron chi connectivity index (χ3n) is 4.11. The highest BCUT2D eigenvalue weighted by molar-refractivity contribution is 5.27. The molecule has 0 heterocycles. The molecule has 0 aliphatic rings. The summed E-state index contributed by atoms with van der Waals surface area (Å²) in [4.78, 5) is 0. The maximum Gasteiger partial charge on any atom is 0.118 e. The van der Waals surface area contributed by atoms with Gasteiger partial charge in [0.25, 0.3) is 0 Å². The van der Waals surface area contributed by atoms with E-state index in [9.17, 15) is 0 Å². The molecule has 2 atom stereocenters. The van der Waals surface area contributed by atoms with Gasteiger partial charge in [0.15, 0.2) is 0 Å². The van der Waals surface area contributed by atoms with Crippen molar-refractivity contribution in [3.8, 4) is 5.75 Å². The van der Waals surface area contributed by atoms with E-state index < -0.39 is 0 Å². The Morgan fingerprint density at radius 2 is 1.67 bits per heavy atom. The van der Waals surface area contributed by atoms with Crippen LogP contribution in [0.4, 0.5) is 0 Å². The summed E-state index contributed by atoms with van der Waals surface area (Å²) in [6.45, 7) is 2.21. The first-order valence-electron chi connectivity index (χ1n) is 7.68. The maximum atomic E-state index is 6.44. The smallest absolute Gasteiger partial charge is 0.118 e. The maximum absolute atomic E-state index is 6.44. The summed E-state index contributed by atoms with van der Waals surface area (Å²) in [5.74, 6) is 1.34. The summed E-state index contributed by atoms with van der Waals surface area (Å²) in [7, 11) is 1.69. The summed E-state index contributed by atoms with van der Waals surface area (Å²) in [6.07, 6.45) is 3.09. The molecule has 0 saturated heterocycles. The Hall–Kier alpha value is -1.80. The normalized spacial score (nSPS) is 13.7. The van der Waals surface area contributed by atoms with Crippen LogP contribution in [0.25, 0.3) is 0 Å². The molecule has 0 saturated carbocycles. The number of hydrogen-bond donors (Lipinski definition) is 1. The standard InChI is InChI=1S/C19H25NO/c1-3-18(16-7-5-4-6-8-16)19(20)14-11-15-9-12-17(21-2)13-10-15/h4-10,12-13,18-19H,3,11,14,20H2,1-2H3. The molecule has 2 nitrogen and oxygen atoms in total. The molecule has 112 valence electrons. The van der Waals surface area contributed by atoms with Gasteiger partial charge in [-0.2, -0.15) is 0 Å². The van der Waals surface area contributed by atoms with Crippen molar-refractivity contribution in [1.82, 2.24) is 0 Å². The van der Waals surface area contributed by atoms with E-state index in [4.69, 9.17) is 10.5 Å². The highest BCUT2D eigenvalue weighted by atomic mass is 16.5. The Morgan fingerprint density at radius 1 is 1.00 bits per heavy atom. The number of hydrogen-bond acceptors (Lipinski definition) is 2. The van der Waals surface area contributed by atoms with Crippen LogP contribution < -0.4 is 10.5 Å². The predicted octanol–water partition coefficient (Wildman–Crippen LogP) is 4.15. The first-order chi connectivity index (χ1) is 10.2. The second-order valence-corrected chi connectivity index (χ2v) is 5.48. The Morgan fingerprint density at radius 3 is 2.24 bits per heavy atom. The number of rotatable bonds is 7. The van der Waals surface area contributed by atoms with E-state index in [1.165, 1.54) is 11.1 Å². The van der Waals surface area contributed by atoms with Crippen LogP contribution in [0.5, 0.6) is 5.75 Å². The van der Waals surface area contributed by atoms with Crippen molar-refractivity contribution in [2.75, 3.05) is 7.11 Å². The average Bonchev–Trinajstić information content (AvgIpc) is 2.55. The fraction of sp³-hybridized carbons (Fsp3) is 0.368. The quantitative estimate of drug-likeness (QED) is 0.828. The highest BCUT2D eigenvalue weighted by Crippen LogP contribution is 2.25. The van der Waals surface area contributed by atoms with Crippen LogP contribution in [0, 0.1) is 0 Å². The zero-order chi connectivity index (χ0) is 15.1. The van der Waals surface area contributed by atoms with Crippen LogP contribution in [0.1, 0.15) is 36.8 Å². The summed E-state index contributed by atoms with van der Waals surface area (Å²) < 4.78 is 5.18. The first-order valence-corrected chi connectivity index (χ1v) is 7.68. The molecule has 2 N–H and O–H groups in total. The minimum atomic E-state index is 0.194. The van der Waals surface area contributed by atoms with Gasteiger partial charge in [-0.1, -0.05) is 49.4 Å². The molecule has 2 heteroatoms. The van der Waals surface area contributed by atoms with Crippen molar-refractivity contribution in [2.45, 2.75) is 38.1 Å². The number of methoxy groups -OCH3 is 1. The number of aryl methyl sites for hydroxylation is 1. The highest BCUT2D eigenvalue weighted by Gasteiger charge is 2.17.